The quantitative estimate of drug-likeness (QED) is 0.634. The number of amides is 1. The summed E-state index contributed by atoms with van der Waals surface area (Å²) in [5.74, 6) is -0.823. The SMILES string of the molecule is O=C(/C=C/C(F)(F)F)N1C(=S)OC[C@@H]1Cc1ccccc1. The Hall–Kier alpha value is -1.89. The maximum absolute atomic E-state index is 12.1. The van der Waals surface area contributed by atoms with Crippen LogP contribution in [0.2, 0.25) is 0 Å². The Morgan fingerprint density at radius 1 is 1.38 bits per heavy atom. The molecule has 1 heterocycles. The van der Waals surface area contributed by atoms with Gasteiger partial charge in [-0.15, -0.1) is 0 Å². The zero-order chi connectivity index (χ0) is 15.5. The lowest BCUT2D eigenvalue weighted by atomic mass is 10.1. The molecule has 3 nitrogen and oxygen atoms in total. The average Bonchev–Trinajstić information content (AvgIpc) is 2.77. The smallest absolute Gasteiger partial charge is 0.409 e. The molecule has 1 aromatic carbocycles. The normalized spacial score (nSPS) is 19.1. The summed E-state index contributed by atoms with van der Waals surface area (Å²) in [5.41, 5.74) is 0.952. The van der Waals surface area contributed by atoms with Gasteiger partial charge in [0.05, 0.1) is 6.04 Å². The molecule has 1 aliphatic heterocycles. The zero-order valence-electron chi connectivity index (χ0n) is 10.8. The summed E-state index contributed by atoms with van der Waals surface area (Å²) in [5, 5.41) is -0.0900. The summed E-state index contributed by atoms with van der Waals surface area (Å²) < 4.78 is 41.5. The van der Waals surface area contributed by atoms with Gasteiger partial charge >= 0.3 is 6.18 Å². The lowest BCUT2D eigenvalue weighted by Gasteiger charge is -2.19. The first-order valence-corrected chi connectivity index (χ1v) is 6.57. The van der Waals surface area contributed by atoms with E-state index in [-0.39, 0.29) is 17.9 Å². The van der Waals surface area contributed by atoms with Crippen LogP contribution in [0.5, 0.6) is 0 Å². The summed E-state index contributed by atoms with van der Waals surface area (Å²) in [6.45, 7) is 0.180. The van der Waals surface area contributed by atoms with Crippen molar-refractivity contribution >= 4 is 23.3 Å². The van der Waals surface area contributed by atoms with Crippen LogP contribution in [0.15, 0.2) is 42.5 Å². The number of nitrogens with zero attached hydrogens (tertiary/aromatic N) is 1. The predicted molar refractivity (Wildman–Crippen MR) is 74.5 cm³/mol. The number of alkyl halides is 3. The third kappa shape index (κ3) is 4.29. The molecule has 1 aliphatic rings. The molecule has 21 heavy (non-hydrogen) atoms. The first-order chi connectivity index (χ1) is 9.87. The van der Waals surface area contributed by atoms with Gasteiger partial charge in [0.2, 0.25) is 0 Å². The van der Waals surface area contributed by atoms with Crippen LogP contribution in [0.25, 0.3) is 0 Å². The molecule has 1 fully saturated rings. The number of carbonyl (C=O) groups is 1. The first-order valence-electron chi connectivity index (χ1n) is 6.16. The van der Waals surface area contributed by atoms with Crippen molar-refractivity contribution in [3.63, 3.8) is 0 Å². The van der Waals surface area contributed by atoms with E-state index in [9.17, 15) is 18.0 Å². The van der Waals surface area contributed by atoms with Crippen molar-refractivity contribution in [3.8, 4) is 0 Å². The van der Waals surface area contributed by atoms with Crippen molar-refractivity contribution < 1.29 is 22.7 Å². The number of hydrogen-bond donors (Lipinski definition) is 0. The summed E-state index contributed by atoms with van der Waals surface area (Å²) in [6.07, 6.45) is -3.70. The highest BCUT2D eigenvalue weighted by Gasteiger charge is 2.34. The van der Waals surface area contributed by atoms with Crippen molar-refractivity contribution in [2.75, 3.05) is 6.61 Å². The fraction of sp³-hybridized carbons (Fsp3) is 0.286. The average molecular weight is 315 g/mol. The van der Waals surface area contributed by atoms with Crippen LogP contribution < -0.4 is 0 Å². The van der Waals surface area contributed by atoms with Gasteiger partial charge in [0.25, 0.3) is 11.1 Å². The van der Waals surface area contributed by atoms with Crippen LogP contribution in [0.1, 0.15) is 5.56 Å². The lowest BCUT2D eigenvalue weighted by Crippen LogP contribution is -2.39. The highest BCUT2D eigenvalue weighted by Crippen LogP contribution is 2.20. The summed E-state index contributed by atoms with van der Waals surface area (Å²) in [7, 11) is 0. The van der Waals surface area contributed by atoms with Gasteiger partial charge in [0.1, 0.15) is 6.61 Å². The second-order valence-electron chi connectivity index (χ2n) is 4.50. The molecule has 0 radical (unpaired) electrons. The summed E-state index contributed by atoms with van der Waals surface area (Å²) in [4.78, 5) is 13.0. The van der Waals surface area contributed by atoms with Gasteiger partial charge in [0, 0.05) is 12.2 Å². The largest absolute Gasteiger partial charge is 0.468 e. The predicted octanol–water partition coefficient (Wildman–Crippen LogP) is 2.86. The van der Waals surface area contributed by atoms with E-state index in [1.165, 1.54) is 0 Å². The molecule has 0 unspecified atom stereocenters. The molecule has 7 heteroatoms. The van der Waals surface area contributed by atoms with Crippen LogP contribution in [-0.2, 0) is 16.0 Å². The van der Waals surface area contributed by atoms with Crippen molar-refractivity contribution in [3.05, 3.63) is 48.0 Å². The maximum Gasteiger partial charge on any atom is 0.409 e. The Bertz CT molecular complexity index is 557. The molecule has 0 bridgehead atoms. The summed E-state index contributed by atoms with van der Waals surface area (Å²) >= 11 is 4.89. The number of rotatable bonds is 3. The van der Waals surface area contributed by atoms with Crippen LogP contribution in [0.4, 0.5) is 13.2 Å². The van der Waals surface area contributed by atoms with E-state index < -0.39 is 18.1 Å². The number of carbonyl (C=O) groups excluding carboxylic acids is 1. The lowest BCUT2D eigenvalue weighted by molar-refractivity contribution is -0.124. The minimum Gasteiger partial charge on any atom is -0.468 e. The second kappa shape index (κ2) is 6.26. The molecule has 2 rings (SSSR count). The molecule has 1 saturated heterocycles. The number of ether oxygens (including phenoxy) is 1. The van der Waals surface area contributed by atoms with Gasteiger partial charge in [-0.05, 0) is 24.2 Å². The monoisotopic (exact) mass is 315 g/mol. The van der Waals surface area contributed by atoms with Crippen LogP contribution >= 0.6 is 12.2 Å². The molecular formula is C14H12F3NO2S. The van der Waals surface area contributed by atoms with Crippen molar-refractivity contribution in [1.82, 2.24) is 4.90 Å². The second-order valence-corrected chi connectivity index (χ2v) is 4.85. The summed E-state index contributed by atoms with van der Waals surface area (Å²) in [6, 6.07) is 8.89. The van der Waals surface area contributed by atoms with Gasteiger partial charge < -0.3 is 4.74 Å². The maximum atomic E-state index is 12.1. The van der Waals surface area contributed by atoms with E-state index in [0.717, 1.165) is 10.5 Å². The van der Waals surface area contributed by atoms with Gasteiger partial charge in [-0.25, -0.2) is 0 Å². The number of allylic oxidation sites excluding steroid dienone is 1. The Kier molecular flexibility index (Phi) is 4.62. The molecule has 1 amide bonds. The standard InChI is InChI=1S/C14H12F3NO2S/c15-14(16,17)7-6-12(19)18-11(9-20-13(18)21)8-10-4-2-1-3-5-10/h1-7,11H,8-9H2/b7-6+/t11-/m0/s1. The Morgan fingerprint density at radius 2 is 2.05 bits per heavy atom. The molecule has 1 aromatic rings. The third-order valence-corrected chi connectivity index (χ3v) is 3.24. The molecule has 0 aromatic heterocycles. The van der Waals surface area contributed by atoms with Gasteiger partial charge in [0.15, 0.2) is 0 Å². The van der Waals surface area contributed by atoms with E-state index in [1.54, 1.807) is 0 Å². The molecule has 1 atom stereocenters. The zero-order valence-corrected chi connectivity index (χ0v) is 11.7. The van der Waals surface area contributed by atoms with Gasteiger partial charge in [-0.3, -0.25) is 9.69 Å². The Morgan fingerprint density at radius 3 is 2.67 bits per heavy atom. The molecule has 0 saturated carbocycles. The Labute approximate surface area is 125 Å². The van der Waals surface area contributed by atoms with Gasteiger partial charge in [-0.2, -0.15) is 13.2 Å². The van der Waals surface area contributed by atoms with Crippen molar-refractivity contribution in [1.29, 1.82) is 0 Å². The van der Waals surface area contributed by atoms with E-state index >= 15 is 0 Å². The molecular weight excluding hydrogens is 303 g/mol. The van der Waals surface area contributed by atoms with Crippen molar-refractivity contribution in [2.24, 2.45) is 0 Å². The molecule has 0 spiro atoms. The topological polar surface area (TPSA) is 29.5 Å². The fourth-order valence-corrected chi connectivity index (χ4v) is 2.32. The van der Waals surface area contributed by atoms with E-state index in [2.05, 4.69) is 0 Å². The third-order valence-electron chi connectivity index (χ3n) is 2.93. The van der Waals surface area contributed by atoms with Crippen LogP contribution in [-0.4, -0.2) is 34.8 Å². The minimum atomic E-state index is -4.53. The van der Waals surface area contributed by atoms with E-state index in [4.69, 9.17) is 17.0 Å². The number of thiocarbonyl (C=S) groups is 1. The highest BCUT2D eigenvalue weighted by atomic mass is 32.1. The minimum absolute atomic E-state index is 0.0900. The first kappa shape index (κ1) is 15.5. The van der Waals surface area contributed by atoms with Crippen LogP contribution in [0.3, 0.4) is 0 Å². The highest BCUT2D eigenvalue weighted by molar-refractivity contribution is 7.80. The Balaban J connectivity index is 2.10. The number of hydrogen-bond acceptors (Lipinski definition) is 3. The van der Waals surface area contributed by atoms with Crippen molar-refractivity contribution in [2.45, 2.75) is 18.6 Å². The molecule has 0 aliphatic carbocycles. The van der Waals surface area contributed by atoms with E-state index in [1.807, 2.05) is 30.3 Å². The number of halogens is 3. The molecule has 0 N–H and O–H groups in total. The fourth-order valence-electron chi connectivity index (χ4n) is 2.01. The van der Waals surface area contributed by atoms with Gasteiger partial charge in [-0.1, -0.05) is 30.3 Å². The molecule has 112 valence electrons. The van der Waals surface area contributed by atoms with E-state index in [0.29, 0.717) is 12.5 Å². The number of benzene rings is 1. The van der Waals surface area contributed by atoms with Crippen LogP contribution in [0, 0.1) is 0 Å².